The van der Waals surface area contributed by atoms with Crippen LogP contribution in [0.15, 0.2) is 22.2 Å². The summed E-state index contributed by atoms with van der Waals surface area (Å²) >= 11 is 3.41. The van der Waals surface area contributed by atoms with Crippen molar-refractivity contribution < 1.29 is 9.53 Å². The van der Waals surface area contributed by atoms with Crippen LogP contribution in [-0.2, 0) is 0 Å². The van der Waals surface area contributed by atoms with Crippen LogP contribution < -0.4 is 4.43 Å². The third-order valence-corrected chi connectivity index (χ3v) is 8.98. The Morgan fingerprint density at radius 2 is 1.82 bits per heavy atom. The molecular weight excluding hydrogens is 360 g/mol. The number of phenols is 1. The van der Waals surface area contributed by atoms with Crippen molar-refractivity contribution in [1.29, 1.82) is 10.5 Å². The Kier molecular flexibility index (Phi) is 5.45. The first-order chi connectivity index (χ1) is 10.0. The molecule has 0 aliphatic heterocycles. The van der Waals surface area contributed by atoms with Gasteiger partial charge in [-0.1, -0.05) is 20.8 Å². The van der Waals surface area contributed by atoms with E-state index in [4.69, 9.17) is 14.9 Å². The predicted octanol–water partition coefficient (Wildman–Crippen LogP) is 4.97. The molecule has 0 spiro atoms. The summed E-state index contributed by atoms with van der Waals surface area (Å²) in [4.78, 5) is 0. The van der Waals surface area contributed by atoms with Gasteiger partial charge < -0.3 is 9.53 Å². The molecule has 1 rings (SSSR count). The zero-order chi connectivity index (χ0) is 17.1. The van der Waals surface area contributed by atoms with Gasteiger partial charge in [-0.2, -0.15) is 10.5 Å². The lowest BCUT2D eigenvalue weighted by Gasteiger charge is -2.36. The van der Waals surface area contributed by atoms with E-state index in [1.807, 2.05) is 0 Å². The van der Waals surface area contributed by atoms with Gasteiger partial charge in [0.1, 0.15) is 29.2 Å². The Hall–Kier alpha value is -1.76. The third-order valence-electron chi connectivity index (χ3n) is 3.82. The van der Waals surface area contributed by atoms with Gasteiger partial charge in [0.05, 0.1) is 4.47 Å². The van der Waals surface area contributed by atoms with Gasteiger partial charge in [0.25, 0.3) is 8.32 Å². The van der Waals surface area contributed by atoms with Crippen LogP contribution in [0.5, 0.6) is 11.5 Å². The Morgan fingerprint density at radius 3 is 2.27 bits per heavy atom. The average Bonchev–Trinajstić information content (AvgIpc) is 2.41. The van der Waals surface area contributed by atoms with E-state index in [2.05, 4.69) is 49.8 Å². The smallest absolute Gasteiger partial charge is 0.250 e. The highest BCUT2D eigenvalue weighted by atomic mass is 79.9. The van der Waals surface area contributed by atoms with Gasteiger partial charge >= 0.3 is 0 Å². The molecule has 0 unspecified atom stereocenters. The Labute approximate surface area is 140 Å². The van der Waals surface area contributed by atoms with E-state index < -0.39 is 8.32 Å². The van der Waals surface area contributed by atoms with E-state index in [1.165, 1.54) is 12.1 Å². The molecule has 0 atom stereocenters. The molecule has 22 heavy (non-hydrogen) atoms. The van der Waals surface area contributed by atoms with E-state index in [1.54, 1.807) is 18.2 Å². The molecule has 0 amide bonds. The fraction of sp³-hybridized carbons (Fsp3) is 0.375. The molecule has 0 saturated carbocycles. The van der Waals surface area contributed by atoms with Gasteiger partial charge in [-0.05, 0) is 52.3 Å². The average molecular weight is 379 g/mol. The molecule has 0 heterocycles. The van der Waals surface area contributed by atoms with Crippen molar-refractivity contribution in [3.63, 3.8) is 0 Å². The first kappa shape index (κ1) is 18.3. The number of phenolic OH excluding ortho intramolecular Hbond substituents is 1. The maximum atomic E-state index is 9.98. The minimum atomic E-state index is -2.04. The Morgan fingerprint density at radius 1 is 1.27 bits per heavy atom. The molecule has 0 fully saturated rings. The lowest BCUT2D eigenvalue weighted by molar-refractivity contribution is 0.466. The van der Waals surface area contributed by atoms with Crippen LogP contribution in [0.4, 0.5) is 0 Å². The Bertz CT molecular complexity index is 676. The van der Waals surface area contributed by atoms with Gasteiger partial charge in [0.15, 0.2) is 0 Å². The van der Waals surface area contributed by atoms with Gasteiger partial charge in [-0.25, -0.2) is 0 Å². The molecule has 116 valence electrons. The van der Waals surface area contributed by atoms with Crippen molar-refractivity contribution in [3.05, 3.63) is 27.7 Å². The topological polar surface area (TPSA) is 77.0 Å². The van der Waals surface area contributed by atoms with Gasteiger partial charge in [0.2, 0.25) is 0 Å². The van der Waals surface area contributed by atoms with Crippen molar-refractivity contribution in [2.45, 2.75) is 38.9 Å². The summed E-state index contributed by atoms with van der Waals surface area (Å²) in [7, 11) is -2.04. The van der Waals surface area contributed by atoms with Crippen LogP contribution in [-0.4, -0.2) is 13.4 Å². The molecule has 1 aromatic carbocycles. The monoisotopic (exact) mass is 378 g/mol. The van der Waals surface area contributed by atoms with E-state index in [-0.39, 0.29) is 16.4 Å². The van der Waals surface area contributed by atoms with Gasteiger partial charge in [0, 0.05) is 5.56 Å². The molecule has 0 aromatic heterocycles. The number of nitriles is 2. The fourth-order valence-corrected chi connectivity index (χ4v) is 3.15. The van der Waals surface area contributed by atoms with Crippen molar-refractivity contribution in [1.82, 2.24) is 0 Å². The largest absolute Gasteiger partial charge is 0.543 e. The molecule has 6 heteroatoms. The minimum absolute atomic E-state index is 0.0162. The number of hydrogen-bond acceptors (Lipinski definition) is 4. The molecule has 1 N–H and O–H groups in total. The summed E-state index contributed by atoms with van der Waals surface area (Å²) in [5.41, 5.74) is 0.287. The summed E-state index contributed by atoms with van der Waals surface area (Å²) in [6.45, 7) is 10.7. The summed E-state index contributed by atoms with van der Waals surface area (Å²) < 4.78 is 6.77. The zero-order valence-corrected chi connectivity index (χ0v) is 15.9. The molecule has 0 aliphatic rings. The summed E-state index contributed by atoms with van der Waals surface area (Å²) in [5.74, 6) is 0.586. The zero-order valence-electron chi connectivity index (χ0n) is 13.4. The van der Waals surface area contributed by atoms with Crippen LogP contribution in [0.2, 0.25) is 18.1 Å². The standard InChI is InChI=1S/C16H19BrN2O2Si/c1-16(2,3)22(4,5)21-14-7-6-13(20)12(15(14)17)8-11(9-18)10-19/h6-8,20H,1-5H3. The van der Waals surface area contributed by atoms with Crippen LogP contribution in [0, 0.1) is 22.7 Å². The van der Waals surface area contributed by atoms with Crippen LogP contribution in [0.1, 0.15) is 26.3 Å². The number of halogens is 1. The number of rotatable bonds is 3. The second-order valence-electron chi connectivity index (χ2n) is 6.45. The van der Waals surface area contributed by atoms with Crippen molar-refractivity contribution in [2.24, 2.45) is 0 Å². The van der Waals surface area contributed by atoms with Crippen molar-refractivity contribution in [3.8, 4) is 23.6 Å². The number of nitrogens with zero attached hydrogens (tertiary/aromatic N) is 2. The highest BCUT2D eigenvalue weighted by molar-refractivity contribution is 9.10. The molecule has 0 bridgehead atoms. The van der Waals surface area contributed by atoms with Crippen LogP contribution in [0.3, 0.4) is 0 Å². The lowest BCUT2D eigenvalue weighted by atomic mass is 10.1. The molecule has 0 aliphatic carbocycles. The molecule has 1 aromatic rings. The molecule has 0 saturated heterocycles. The highest BCUT2D eigenvalue weighted by Crippen LogP contribution is 2.42. The van der Waals surface area contributed by atoms with E-state index in [0.29, 0.717) is 15.8 Å². The normalized spacial score (nSPS) is 11.3. The van der Waals surface area contributed by atoms with Gasteiger partial charge in [-0.15, -0.1) is 0 Å². The minimum Gasteiger partial charge on any atom is -0.543 e. The first-order valence-corrected chi connectivity index (χ1v) is 10.5. The highest BCUT2D eigenvalue weighted by Gasteiger charge is 2.39. The number of allylic oxidation sites excluding steroid dienone is 1. The van der Waals surface area contributed by atoms with Crippen molar-refractivity contribution in [2.75, 3.05) is 0 Å². The molecular formula is C16H19BrN2O2Si. The maximum Gasteiger partial charge on any atom is 0.250 e. The van der Waals surface area contributed by atoms with Gasteiger partial charge in [-0.3, -0.25) is 0 Å². The predicted molar refractivity (Wildman–Crippen MR) is 92.8 cm³/mol. The lowest BCUT2D eigenvalue weighted by Crippen LogP contribution is -2.43. The quantitative estimate of drug-likeness (QED) is 0.594. The first-order valence-electron chi connectivity index (χ1n) is 6.76. The van der Waals surface area contributed by atoms with Crippen molar-refractivity contribution >= 4 is 30.3 Å². The second-order valence-corrected chi connectivity index (χ2v) is 12.0. The van der Waals surface area contributed by atoms with E-state index in [0.717, 1.165) is 0 Å². The number of benzene rings is 1. The summed E-state index contributed by atoms with van der Waals surface area (Å²) in [5, 5.41) is 27.7. The Balaban J connectivity index is 3.37. The van der Waals surface area contributed by atoms with Crippen LogP contribution >= 0.6 is 15.9 Å². The SMILES string of the molecule is CC(C)(C)[Si](C)(C)Oc1ccc(O)c(C=C(C#N)C#N)c1Br. The molecule has 0 radical (unpaired) electrons. The summed E-state index contributed by atoms with van der Waals surface area (Å²) in [6, 6.07) is 6.76. The van der Waals surface area contributed by atoms with Crippen LogP contribution in [0.25, 0.3) is 6.08 Å². The van der Waals surface area contributed by atoms with E-state index >= 15 is 0 Å². The number of hydrogen-bond donors (Lipinski definition) is 1. The second kappa shape index (κ2) is 6.56. The van der Waals surface area contributed by atoms with E-state index in [9.17, 15) is 5.11 Å². The number of aromatic hydroxyl groups is 1. The molecule has 4 nitrogen and oxygen atoms in total. The maximum absolute atomic E-state index is 9.98. The third kappa shape index (κ3) is 3.91. The summed E-state index contributed by atoms with van der Waals surface area (Å²) in [6.07, 6.45) is 1.35. The fourth-order valence-electron chi connectivity index (χ4n) is 1.44.